The Balaban J connectivity index is 1.89. The molecule has 106 valence electrons. The summed E-state index contributed by atoms with van der Waals surface area (Å²) in [7, 11) is 0. The van der Waals surface area contributed by atoms with E-state index in [9.17, 15) is 14.0 Å². The lowest BCUT2D eigenvalue weighted by molar-refractivity contribution is -0.123. The number of halogens is 1. The zero-order valence-corrected chi connectivity index (χ0v) is 11.1. The number of amides is 2. The van der Waals surface area contributed by atoms with Gasteiger partial charge in [-0.1, -0.05) is 24.3 Å². The van der Waals surface area contributed by atoms with Gasteiger partial charge >= 0.3 is 0 Å². The second-order valence-electron chi connectivity index (χ2n) is 4.89. The summed E-state index contributed by atoms with van der Waals surface area (Å²) in [5, 5.41) is 5.37. The number of benzene rings is 2. The third-order valence-corrected chi connectivity index (χ3v) is 3.41. The summed E-state index contributed by atoms with van der Waals surface area (Å²) >= 11 is 0. The number of carbonyl (C=O) groups excluding carboxylic acids is 2. The average molecular weight is 284 g/mol. The lowest BCUT2D eigenvalue weighted by Crippen LogP contribution is -2.30. The van der Waals surface area contributed by atoms with Crippen LogP contribution >= 0.6 is 0 Å². The normalized spacial score (nSPS) is 16.8. The van der Waals surface area contributed by atoms with Crippen LogP contribution in [0.2, 0.25) is 0 Å². The molecule has 1 aliphatic heterocycles. The third-order valence-electron chi connectivity index (χ3n) is 3.41. The molecule has 0 fully saturated rings. The van der Waals surface area contributed by atoms with Crippen molar-refractivity contribution in [2.75, 3.05) is 10.6 Å². The monoisotopic (exact) mass is 284 g/mol. The van der Waals surface area contributed by atoms with Crippen molar-refractivity contribution in [1.82, 2.24) is 0 Å². The topological polar surface area (TPSA) is 58.2 Å². The predicted molar refractivity (Wildman–Crippen MR) is 77.5 cm³/mol. The van der Waals surface area contributed by atoms with E-state index in [4.69, 9.17) is 0 Å². The van der Waals surface area contributed by atoms with Crippen molar-refractivity contribution in [3.63, 3.8) is 0 Å². The second-order valence-corrected chi connectivity index (χ2v) is 4.89. The van der Waals surface area contributed by atoms with Crippen LogP contribution in [0.1, 0.15) is 17.9 Å². The highest BCUT2D eigenvalue weighted by atomic mass is 19.1. The smallest absolute Gasteiger partial charge is 0.232 e. The SMILES string of the molecule is O=C1C[C@H](C(=O)Nc2ccccc2)c2ccc(F)cc2N1. The zero-order chi connectivity index (χ0) is 14.8. The molecule has 2 amide bonds. The number of hydrogen-bond donors (Lipinski definition) is 2. The number of carbonyl (C=O) groups is 2. The Morgan fingerprint density at radius 1 is 1.19 bits per heavy atom. The summed E-state index contributed by atoms with van der Waals surface area (Å²) in [5.41, 5.74) is 1.65. The second kappa shape index (κ2) is 5.36. The number of hydrogen-bond acceptors (Lipinski definition) is 2. The van der Waals surface area contributed by atoms with Crippen molar-refractivity contribution >= 4 is 23.2 Å². The number of rotatable bonds is 2. The quantitative estimate of drug-likeness (QED) is 0.891. The van der Waals surface area contributed by atoms with Crippen LogP contribution in [0.25, 0.3) is 0 Å². The molecule has 5 heteroatoms. The minimum absolute atomic E-state index is 0.0529. The van der Waals surface area contributed by atoms with Crippen LogP contribution in [-0.2, 0) is 9.59 Å². The van der Waals surface area contributed by atoms with E-state index in [0.717, 1.165) is 0 Å². The number of anilines is 2. The van der Waals surface area contributed by atoms with Crippen molar-refractivity contribution in [3.05, 3.63) is 59.9 Å². The first kappa shape index (κ1) is 13.3. The first-order valence-corrected chi connectivity index (χ1v) is 6.59. The molecule has 4 nitrogen and oxygen atoms in total. The Labute approximate surface area is 121 Å². The molecular weight excluding hydrogens is 271 g/mol. The molecule has 0 radical (unpaired) electrons. The fraction of sp³-hybridized carbons (Fsp3) is 0.125. The fourth-order valence-electron chi connectivity index (χ4n) is 2.42. The fourth-order valence-corrected chi connectivity index (χ4v) is 2.42. The maximum atomic E-state index is 13.2. The van der Waals surface area contributed by atoms with Crippen LogP contribution in [0.4, 0.5) is 15.8 Å². The first-order valence-electron chi connectivity index (χ1n) is 6.59. The molecule has 0 spiro atoms. The van der Waals surface area contributed by atoms with E-state index in [0.29, 0.717) is 16.9 Å². The Kier molecular flexibility index (Phi) is 3.39. The molecule has 1 atom stereocenters. The molecule has 0 saturated carbocycles. The van der Waals surface area contributed by atoms with E-state index in [2.05, 4.69) is 10.6 Å². The molecule has 2 aromatic rings. The molecule has 0 bridgehead atoms. The van der Waals surface area contributed by atoms with Crippen molar-refractivity contribution < 1.29 is 14.0 Å². The Bertz CT molecular complexity index is 701. The summed E-state index contributed by atoms with van der Waals surface area (Å²) < 4.78 is 13.2. The zero-order valence-electron chi connectivity index (χ0n) is 11.1. The molecule has 1 heterocycles. The van der Waals surface area contributed by atoms with E-state index in [-0.39, 0.29) is 18.2 Å². The van der Waals surface area contributed by atoms with Gasteiger partial charge in [-0.05, 0) is 29.8 Å². The first-order chi connectivity index (χ1) is 10.1. The highest BCUT2D eigenvalue weighted by molar-refractivity contribution is 6.05. The van der Waals surface area contributed by atoms with Gasteiger partial charge in [0, 0.05) is 17.8 Å². The van der Waals surface area contributed by atoms with Crippen LogP contribution in [0, 0.1) is 5.82 Å². The minimum atomic E-state index is -0.616. The summed E-state index contributed by atoms with van der Waals surface area (Å²) in [6.45, 7) is 0. The molecular formula is C16H13FN2O2. The van der Waals surface area contributed by atoms with Gasteiger partial charge in [0.05, 0.1) is 5.92 Å². The van der Waals surface area contributed by atoms with Gasteiger partial charge in [-0.15, -0.1) is 0 Å². The number of fused-ring (bicyclic) bond motifs is 1. The third kappa shape index (κ3) is 2.76. The van der Waals surface area contributed by atoms with Gasteiger partial charge in [-0.3, -0.25) is 9.59 Å². The van der Waals surface area contributed by atoms with Gasteiger partial charge < -0.3 is 10.6 Å². The highest BCUT2D eigenvalue weighted by Gasteiger charge is 2.30. The largest absolute Gasteiger partial charge is 0.326 e. The number of nitrogens with one attached hydrogen (secondary N) is 2. The standard InChI is InChI=1S/C16H13FN2O2/c17-10-6-7-12-13(9-15(20)19-14(12)8-10)16(21)18-11-4-2-1-3-5-11/h1-8,13H,9H2,(H,18,21)(H,19,20)/t13-/m0/s1. The molecule has 3 rings (SSSR count). The molecule has 1 aliphatic rings. The van der Waals surface area contributed by atoms with Gasteiger partial charge in [0.1, 0.15) is 5.82 Å². The highest BCUT2D eigenvalue weighted by Crippen LogP contribution is 2.33. The molecule has 21 heavy (non-hydrogen) atoms. The molecule has 0 unspecified atom stereocenters. The molecule has 0 saturated heterocycles. The number of para-hydroxylation sites is 1. The van der Waals surface area contributed by atoms with Crippen molar-refractivity contribution in [2.45, 2.75) is 12.3 Å². The van der Waals surface area contributed by atoms with E-state index in [1.165, 1.54) is 12.1 Å². The Morgan fingerprint density at radius 3 is 2.71 bits per heavy atom. The summed E-state index contributed by atoms with van der Waals surface area (Å²) in [6, 6.07) is 13.1. The van der Waals surface area contributed by atoms with Gasteiger partial charge in [0.2, 0.25) is 11.8 Å². The van der Waals surface area contributed by atoms with Crippen LogP contribution < -0.4 is 10.6 Å². The van der Waals surface area contributed by atoms with Gasteiger partial charge in [-0.2, -0.15) is 0 Å². The maximum absolute atomic E-state index is 13.2. The van der Waals surface area contributed by atoms with Crippen LogP contribution in [-0.4, -0.2) is 11.8 Å². The van der Waals surface area contributed by atoms with E-state index >= 15 is 0 Å². The maximum Gasteiger partial charge on any atom is 0.232 e. The van der Waals surface area contributed by atoms with Crippen LogP contribution in [0.5, 0.6) is 0 Å². The van der Waals surface area contributed by atoms with E-state index < -0.39 is 11.7 Å². The van der Waals surface area contributed by atoms with Crippen molar-refractivity contribution in [2.24, 2.45) is 0 Å². The summed E-state index contributed by atoms with van der Waals surface area (Å²) in [4.78, 5) is 24.1. The molecule has 0 aromatic heterocycles. The van der Waals surface area contributed by atoms with E-state index in [1.807, 2.05) is 18.2 Å². The lowest BCUT2D eigenvalue weighted by Gasteiger charge is -2.24. The molecule has 2 aromatic carbocycles. The lowest BCUT2D eigenvalue weighted by atomic mass is 9.89. The Hall–Kier alpha value is -2.69. The molecule has 0 aliphatic carbocycles. The van der Waals surface area contributed by atoms with Gasteiger partial charge in [-0.25, -0.2) is 4.39 Å². The van der Waals surface area contributed by atoms with Crippen LogP contribution in [0.3, 0.4) is 0 Å². The summed E-state index contributed by atoms with van der Waals surface area (Å²) in [6.07, 6.45) is 0.0529. The van der Waals surface area contributed by atoms with Gasteiger partial charge in [0.15, 0.2) is 0 Å². The van der Waals surface area contributed by atoms with E-state index in [1.54, 1.807) is 18.2 Å². The van der Waals surface area contributed by atoms with Crippen molar-refractivity contribution in [3.8, 4) is 0 Å². The minimum Gasteiger partial charge on any atom is -0.326 e. The average Bonchev–Trinajstić information content (AvgIpc) is 2.47. The van der Waals surface area contributed by atoms with Crippen LogP contribution in [0.15, 0.2) is 48.5 Å². The Morgan fingerprint density at radius 2 is 1.95 bits per heavy atom. The summed E-state index contributed by atoms with van der Waals surface area (Å²) in [5.74, 6) is -1.63. The van der Waals surface area contributed by atoms with Crippen molar-refractivity contribution in [1.29, 1.82) is 0 Å². The molecule has 2 N–H and O–H groups in total. The van der Waals surface area contributed by atoms with Gasteiger partial charge in [0.25, 0.3) is 0 Å². The predicted octanol–water partition coefficient (Wildman–Crippen LogP) is 2.89.